The van der Waals surface area contributed by atoms with Crippen LogP contribution in [0.1, 0.15) is 47.0 Å². The molecular formula is C16H32N2O2S. The number of sulfone groups is 1. The Labute approximate surface area is 130 Å². The first-order valence-electron chi connectivity index (χ1n) is 8.54. The Morgan fingerprint density at radius 1 is 1.29 bits per heavy atom. The molecule has 0 saturated carbocycles. The van der Waals surface area contributed by atoms with Crippen molar-refractivity contribution in [3.8, 4) is 0 Å². The fourth-order valence-electron chi connectivity index (χ4n) is 3.71. The third-order valence-electron chi connectivity index (χ3n) is 5.49. The first-order chi connectivity index (χ1) is 9.85. The minimum Gasteiger partial charge on any atom is -0.311 e. The van der Waals surface area contributed by atoms with E-state index in [1.165, 1.54) is 6.42 Å². The normalized spacial score (nSPS) is 35.2. The van der Waals surface area contributed by atoms with E-state index >= 15 is 0 Å². The molecule has 0 radical (unpaired) electrons. The monoisotopic (exact) mass is 316 g/mol. The minimum absolute atomic E-state index is 0.130. The Kier molecular flexibility index (Phi) is 5.71. The van der Waals surface area contributed by atoms with E-state index in [2.05, 4.69) is 37.9 Å². The van der Waals surface area contributed by atoms with Crippen LogP contribution in [0.2, 0.25) is 0 Å². The van der Waals surface area contributed by atoms with Gasteiger partial charge in [0.05, 0.1) is 11.0 Å². The third kappa shape index (κ3) is 3.99. The lowest BCUT2D eigenvalue weighted by atomic mass is 9.92. The molecular weight excluding hydrogens is 284 g/mol. The van der Waals surface area contributed by atoms with Crippen molar-refractivity contribution in [2.75, 3.05) is 25.4 Å². The zero-order chi connectivity index (χ0) is 15.6. The highest BCUT2D eigenvalue weighted by Gasteiger charge is 2.38. The Morgan fingerprint density at radius 3 is 2.52 bits per heavy atom. The fourth-order valence-corrected chi connectivity index (χ4v) is 5.56. The zero-order valence-corrected chi connectivity index (χ0v) is 14.8. The molecule has 0 amide bonds. The van der Waals surface area contributed by atoms with E-state index in [1.54, 1.807) is 0 Å². The Morgan fingerprint density at radius 2 is 2.00 bits per heavy atom. The molecule has 0 spiro atoms. The van der Waals surface area contributed by atoms with Crippen molar-refractivity contribution in [2.45, 2.75) is 64.3 Å². The SMILES string of the molecule is CCC(C)C1CN(CC2CCCS2(=O)=O)C(C(C)C)CN1. The molecule has 0 bridgehead atoms. The number of nitrogens with one attached hydrogen (secondary N) is 1. The van der Waals surface area contributed by atoms with Gasteiger partial charge in [-0.25, -0.2) is 8.42 Å². The molecule has 0 aliphatic carbocycles. The first kappa shape index (κ1) is 17.2. The van der Waals surface area contributed by atoms with Gasteiger partial charge in [0.15, 0.2) is 9.84 Å². The molecule has 124 valence electrons. The van der Waals surface area contributed by atoms with Gasteiger partial charge < -0.3 is 5.32 Å². The molecule has 2 fully saturated rings. The lowest BCUT2D eigenvalue weighted by Crippen LogP contribution is -2.61. The first-order valence-corrected chi connectivity index (χ1v) is 10.3. The number of piperazine rings is 1. The molecule has 0 aromatic rings. The maximum atomic E-state index is 12.1. The van der Waals surface area contributed by atoms with Gasteiger partial charge in [0.1, 0.15) is 0 Å². The summed E-state index contributed by atoms with van der Waals surface area (Å²) in [7, 11) is -2.84. The molecule has 21 heavy (non-hydrogen) atoms. The molecule has 4 nitrogen and oxygen atoms in total. The third-order valence-corrected chi connectivity index (χ3v) is 7.75. The summed E-state index contributed by atoms with van der Waals surface area (Å²) >= 11 is 0. The predicted octanol–water partition coefficient (Wildman–Crippen LogP) is 1.91. The molecule has 0 aromatic carbocycles. The van der Waals surface area contributed by atoms with Crippen LogP contribution in [-0.4, -0.2) is 56.0 Å². The van der Waals surface area contributed by atoms with Crippen molar-refractivity contribution >= 4 is 9.84 Å². The van der Waals surface area contributed by atoms with Gasteiger partial charge in [0.2, 0.25) is 0 Å². The number of hydrogen-bond acceptors (Lipinski definition) is 4. The van der Waals surface area contributed by atoms with E-state index in [9.17, 15) is 8.42 Å². The number of nitrogens with zero attached hydrogens (tertiary/aromatic N) is 1. The van der Waals surface area contributed by atoms with Crippen LogP contribution >= 0.6 is 0 Å². The summed E-state index contributed by atoms with van der Waals surface area (Å²) in [5, 5.41) is 3.56. The second-order valence-corrected chi connectivity index (χ2v) is 9.70. The van der Waals surface area contributed by atoms with Crippen molar-refractivity contribution < 1.29 is 8.42 Å². The fraction of sp³-hybridized carbons (Fsp3) is 1.00. The summed E-state index contributed by atoms with van der Waals surface area (Å²) in [4.78, 5) is 2.46. The van der Waals surface area contributed by atoms with E-state index in [0.29, 0.717) is 29.7 Å². The second kappa shape index (κ2) is 6.97. The van der Waals surface area contributed by atoms with Crippen LogP contribution in [0.25, 0.3) is 0 Å². The van der Waals surface area contributed by atoms with Crippen LogP contribution in [0, 0.1) is 11.8 Å². The maximum Gasteiger partial charge on any atom is 0.154 e. The van der Waals surface area contributed by atoms with E-state index in [4.69, 9.17) is 0 Å². The van der Waals surface area contributed by atoms with Gasteiger partial charge in [-0.15, -0.1) is 0 Å². The number of hydrogen-bond donors (Lipinski definition) is 1. The predicted molar refractivity (Wildman–Crippen MR) is 88.3 cm³/mol. The molecule has 2 heterocycles. The number of rotatable bonds is 5. The van der Waals surface area contributed by atoms with Crippen molar-refractivity contribution in [1.29, 1.82) is 0 Å². The largest absolute Gasteiger partial charge is 0.311 e. The molecule has 2 aliphatic rings. The van der Waals surface area contributed by atoms with Gasteiger partial charge in [-0.2, -0.15) is 0 Å². The van der Waals surface area contributed by atoms with Gasteiger partial charge in [0.25, 0.3) is 0 Å². The van der Waals surface area contributed by atoms with Gasteiger partial charge in [-0.1, -0.05) is 34.1 Å². The lowest BCUT2D eigenvalue weighted by Gasteiger charge is -2.45. The molecule has 0 aromatic heterocycles. The standard InChI is InChI=1S/C16H32N2O2S/c1-5-13(4)15-11-18(16(9-17-15)12(2)3)10-14-7-6-8-21(14,19)20/h12-17H,5-11H2,1-4H3. The van der Waals surface area contributed by atoms with Crippen molar-refractivity contribution in [2.24, 2.45) is 11.8 Å². The van der Waals surface area contributed by atoms with Gasteiger partial charge >= 0.3 is 0 Å². The molecule has 4 atom stereocenters. The maximum absolute atomic E-state index is 12.1. The average Bonchev–Trinajstić information content (AvgIpc) is 2.76. The molecule has 2 rings (SSSR count). The van der Waals surface area contributed by atoms with E-state index in [-0.39, 0.29) is 5.25 Å². The van der Waals surface area contributed by atoms with Crippen molar-refractivity contribution in [3.63, 3.8) is 0 Å². The van der Waals surface area contributed by atoms with E-state index < -0.39 is 9.84 Å². The summed E-state index contributed by atoms with van der Waals surface area (Å²) in [6.45, 7) is 11.7. The van der Waals surface area contributed by atoms with Crippen LogP contribution in [0.4, 0.5) is 0 Å². The van der Waals surface area contributed by atoms with Crippen LogP contribution in [0.3, 0.4) is 0 Å². The minimum atomic E-state index is -2.84. The van der Waals surface area contributed by atoms with Crippen molar-refractivity contribution in [1.82, 2.24) is 10.2 Å². The summed E-state index contributed by atoms with van der Waals surface area (Å²) < 4.78 is 24.3. The highest BCUT2D eigenvalue weighted by molar-refractivity contribution is 7.92. The Balaban J connectivity index is 2.07. The molecule has 2 saturated heterocycles. The van der Waals surface area contributed by atoms with Gasteiger partial charge in [-0.3, -0.25) is 4.90 Å². The van der Waals surface area contributed by atoms with Crippen LogP contribution < -0.4 is 5.32 Å². The summed E-state index contributed by atoms with van der Waals surface area (Å²) in [5.74, 6) is 1.59. The summed E-state index contributed by atoms with van der Waals surface area (Å²) in [6.07, 6.45) is 2.87. The van der Waals surface area contributed by atoms with Crippen LogP contribution in [0.5, 0.6) is 0 Å². The second-order valence-electron chi connectivity index (χ2n) is 7.30. The van der Waals surface area contributed by atoms with Crippen molar-refractivity contribution in [3.05, 3.63) is 0 Å². The Hall–Kier alpha value is -0.130. The summed E-state index contributed by atoms with van der Waals surface area (Å²) in [6, 6.07) is 0.954. The summed E-state index contributed by atoms with van der Waals surface area (Å²) in [5.41, 5.74) is 0. The van der Waals surface area contributed by atoms with Gasteiger partial charge in [0, 0.05) is 31.7 Å². The molecule has 5 heteroatoms. The molecule has 1 N–H and O–H groups in total. The van der Waals surface area contributed by atoms with E-state index in [0.717, 1.165) is 32.5 Å². The molecule has 4 unspecified atom stereocenters. The molecule has 2 aliphatic heterocycles. The smallest absolute Gasteiger partial charge is 0.154 e. The topological polar surface area (TPSA) is 49.4 Å². The van der Waals surface area contributed by atoms with Crippen LogP contribution in [0.15, 0.2) is 0 Å². The quantitative estimate of drug-likeness (QED) is 0.842. The Bertz CT molecular complexity index is 436. The van der Waals surface area contributed by atoms with Crippen LogP contribution in [-0.2, 0) is 9.84 Å². The highest BCUT2D eigenvalue weighted by Crippen LogP contribution is 2.25. The highest BCUT2D eigenvalue weighted by atomic mass is 32.2. The van der Waals surface area contributed by atoms with Gasteiger partial charge in [-0.05, 0) is 24.7 Å². The average molecular weight is 317 g/mol. The lowest BCUT2D eigenvalue weighted by molar-refractivity contribution is 0.0817. The van der Waals surface area contributed by atoms with E-state index in [1.807, 2.05) is 0 Å². The zero-order valence-electron chi connectivity index (χ0n) is 14.0.